The summed E-state index contributed by atoms with van der Waals surface area (Å²) in [6.45, 7) is 4.90. The van der Waals surface area contributed by atoms with Crippen molar-refractivity contribution in [2.75, 3.05) is 25.9 Å². The van der Waals surface area contributed by atoms with Crippen LogP contribution in [0.1, 0.15) is 26.7 Å². The number of carbonyl (C=O) groups excluding carboxylic acids is 1. The molecule has 0 aromatic heterocycles. The Balaban J connectivity index is 3.81. The number of nitrogens with two attached hydrogens (primary N) is 1. The molecule has 0 aromatic rings. The summed E-state index contributed by atoms with van der Waals surface area (Å²) in [7, 11) is -3.13. The summed E-state index contributed by atoms with van der Waals surface area (Å²) in [6.07, 6.45) is 2.08. The number of carbonyl (C=O) groups is 1. The molecular formula is C10H23N3O3S. The van der Waals surface area contributed by atoms with Crippen LogP contribution in [-0.2, 0) is 14.8 Å². The fourth-order valence-electron chi connectivity index (χ4n) is 1.41. The van der Waals surface area contributed by atoms with Gasteiger partial charge in [-0.2, -0.15) is 0 Å². The van der Waals surface area contributed by atoms with Crippen molar-refractivity contribution in [3.63, 3.8) is 0 Å². The maximum Gasteiger partial charge on any atom is 0.221 e. The molecule has 0 rings (SSSR count). The summed E-state index contributed by atoms with van der Waals surface area (Å²) in [5.74, 6) is -0.0950. The largest absolute Gasteiger partial charge is 0.356 e. The van der Waals surface area contributed by atoms with Gasteiger partial charge in [0.05, 0.1) is 6.26 Å². The van der Waals surface area contributed by atoms with Crippen LogP contribution in [0.2, 0.25) is 0 Å². The van der Waals surface area contributed by atoms with Gasteiger partial charge in [0.15, 0.2) is 0 Å². The molecule has 0 radical (unpaired) electrons. The lowest BCUT2D eigenvalue weighted by atomic mass is 10.2. The van der Waals surface area contributed by atoms with Crippen molar-refractivity contribution in [3.05, 3.63) is 0 Å². The van der Waals surface area contributed by atoms with Crippen molar-refractivity contribution >= 4 is 15.9 Å². The fourth-order valence-corrected chi connectivity index (χ4v) is 2.34. The molecule has 0 saturated heterocycles. The van der Waals surface area contributed by atoms with Crippen LogP contribution in [0, 0.1) is 0 Å². The van der Waals surface area contributed by atoms with Crippen LogP contribution in [0.15, 0.2) is 0 Å². The summed E-state index contributed by atoms with van der Waals surface area (Å²) in [5, 5.41) is 2.70. The van der Waals surface area contributed by atoms with Crippen LogP contribution in [-0.4, -0.2) is 50.6 Å². The fraction of sp³-hybridized carbons (Fsp3) is 0.900. The van der Waals surface area contributed by atoms with Crippen molar-refractivity contribution in [1.29, 1.82) is 0 Å². The lowest BCUT2D eigenvalue weighted by Gasteiger charge is -2.17. The topological polar surface area (TPSA) is 92.5 Å². The maximum absolute atomic E-state index is 11.3. The van der Waals surface area contributed by atoms with E-state index in [1.165, 1.54) is 10.6 Å². The number of hydrogen-bond acceptors (Lipinski definition) is 4. The standard InChI is InChI=1S/C10H23N3O3S/c1-4-13(17(3,15)16)7-5-6-12-10(14)8-9(2)11/h9H,4-8,11H2,1-3H3,(H,12,14). The Bertz CT molecular complexity index is 328. The predicted octanol–water partition coefficient (Wildman–Crippen LogP) is -0.488. The molecule has 0 aromatic carbocycles. The molecule has 3 N–H and O–H groups in total. The minimum atomic E-state index is -3.13. The molecule has 0 fully saturated rings. The average Bonchev–Trinajstić information content (AvgIpc) is 2.14. The molecule has 17 heavy (non-hydrogen) atoms. The molecule has 0 heterocycles. The number of sulfonamides is 1. The number of rotatable bonds is 8. The number of nitrogens with zero attached hydrogens (tertiary/aromatic N) is 1. The molecule has 102 valence electrons. The third-order valence-electron chi connectivity index (χ3n) is 2.24. The summed E-state index contributed by atoms with van der Waals surface area (Å²) in [4.78, 5) is 11.2. The average molecular weight is 265 g/mol. The molecule has 1 amide bonds. The Morgan fingerprint density at radius 3 is 2.47 bits per heavy atom. The highest BCUT2D eigenvalue weighted by molar-refractivity contribution is 7.88. The first kappa shape index (κ1) is 16.3. The van der Waals surface area contributed by atoms with E-state index >= 15 is 0 Å². The second kappa shape index (κ2) is 7.62. The van der Waals surface area contributed by atoms with E-state index in [0.717, 1.165) is 0 Å². The zero-order valence-corrected chi connectivity index (χ0v) is 11.6. The van der Waals surface area contributed by atoms with Crippen molar-refractivity contribution in [2.24, 2.45) is 5.73 Å². The molecule has 0 aliphatic heterocycles. The molecule has 1 unspecified atom stereocenters. The van der Waals surface area contributed by atoms with E-state index in [4.69, 9.17) is 5.73 Å². The molecule has 1 atom stereocenters. The van der Waals surface area contributed by atoms with Gasteiger partial charge >= 0.3 is 0 Å². The molecule has 0 bridgehead atoms. The van der Waals surface area contributed by atoms with E-state index in [-0.39, 0.29) is 11.9 Å². The number of hydrogen-bond donors (Lipinski definition) is 2. The van der Waals surface area contributed by atoms with Crippen molar-refractivity contribution in [1.82, 2.24) is 9.62 Å². The SMILES string of the molecule is CCN(CCCNC(=O)CC(C)N)S(C)(=O)=O. The van der Waals surface area contributed by atoms with Crippen LogP contribution in [0.5, 0.6) is 0 Å². The Morgan fingerprint density at radius 2 is 2.06 bits per heavy atom. The van der Waals surface area contributed by atoms with E-state index in [1.807, 2.05) is 0 Å². The Kier molecular flexibility index (Phi) is 7.33. The smallest absolute Gasteiger partial charge is 0.221 e. The van der Waals surface area contributed by atoms with Crippen LogP contribution >= 0.6 is 0 Å². The van der Waals surface area contributed by atoms with Gasteiger partial charge in [-0.3, -0.25) is 4.79 Å². The Labute approximate surface area is 104 Å². The van der Waals surface area contributed by atoms with Crippen LogP contribution in [0.4, 0.5) is 0 Å². The van der Waals surface area contributed by atoms with Crippen molar-refractivity contribution < 1.29 is 13.2 Å². The predicted molar refractivity (Wildman–Crippen MR) is 68.0 cm³/mol. The molecule has 7 heteroatoms. The first-order chi connectivity index (χ1) is 7.77. The van der Waals surface area contributed by atoms with Crippen LogP contribution < -0.4 is 11.1 Å². The molecule has 0 aliphatic rings. The molecule has 0 aliphatic carbocycles. The highest BCUT2D eigenvalue weighted by Gasteiger charge is 2.13. The first-order valence-corrected chi connectivity index (χ1v) is 7.59. The number of amides is 1. The summed E-state index contributed by atoms with van der Waals surface area (Å²) in [6, 6.07) is -0.154. The molecule has 0 spiro atoms. The zero-order chi connectivity index (χ0) is 13.5. The van der Waals surface area contributed by atoms with Gasteiger partial charge in [0.2, 0.25) is 15.9 Å². The third-order valence-corrected chi connectivity index (χ3v) is 3.61. The van der Waals surface area contributed by atoms with E-state index in [0.29, 0.717) is 32.5 Å². The van der Waals surface area contributed by atoms with Gasteiger partial charge in [0, 0.05) is 32.1 Å². The van der Waals surface area contributed by atoms with Gasteiger partial charge in [-0.1, -0.05) is 6.92 Å². The van der Waals surface area contributed by atoms with Gasteiger partial charge in [0.1, 0.15) is 0 Å². The van der Waals surface area contributed by atoms with Crippen LogP contribution in [0.3, 0.4) is 0 Å². The number of nitrogens with one attached hydrogen (secondary N) is 1. The summed E-state index contributed by atoms with van der Waals surface area (Å²) in [5.41, 5.74) is 5.48. The van der Waals surface area contributed by atoms with Gasteiger partial charge in [-0.05, 0) is 13.3 Å². The van der Waals surface area contributed by atoms with Crippen LogP contribution in [0.25, 0.3) is 0 Å². The second-order valence-corrected chi connectivity index (χ2v) is 6.12. The summed E-state index contributed by atoms with van der Waals surface area (Å²) < 4.78 is 23.9. The lowest BCUT2D eigenvalue weighted by Crippen LogP contribution is -2.34. The van der Waals surface area contributed by atoms with E-state index in [2.05, 4.69) is 5.32 Å². The second-order valence-electron chi connectivity index (χ2n) is 4.14. The maximum atomic E-state index is 11.3. The first-order valence-electron chi connectivity index (χ1n) is 5.74. The van der Waals surface area contributed by atoms with Gasteiger partial charge in [-0.25, -0.2) is 12.7 Å². The molecule has 6 nitrogen and oxygen atoms in total. The third kappa shape index (κ3) is 8.12. The normalized spacial score (nSPS) is 13.7. The van der Waals surface area contributed by atoms with Gasteiger partial charge < -0.3 is 11.1 Å². The quantitative estimate of drug-likeness (QED) is 0.579. The zero-order valence-electron chi connectivity index (χ0n) is 10.8. The summed E-state index contributed by atoms with van der Waals surface area (Å²) >= 11 is 0. The van der Waals surface area contributed by atoms with Gasteiger partial charge in [0.25, 0.3) is 0 Å². The minimum absolute atomic E-state index is 0.0950. The van der Waals surface area contributed by atoms with E-state index in [1.54, 1.807) is 13.8 Å². The highest BCUT2D eigenvalue weighted by atomic mass is 32.2. The van der Waals surface area contributed by atoms with Crippen molar-refractivity contribution in [3.8, 4) is 0 Å². The highest BCUT2D eigenvalue weighted by Crippen LogP contribution is 1.98. The van der Waals surface area contributed by atoms with E-state index < -0.39 is 10.0 Å². The van der Waals surface area contributed by atoms with E-state index in [9.17, 15) is 13.2 Å². The van der Waals surface area contributed by atoms with Crippen molar-refractivity contribution in [2.45, 2.75) is 32.7 Å². The van der Waals surface area contributed by atoms with Gasteiger partial charge in [-0.15, -0.1) is 0 Å². The minimum Gasteiger partial charge on any atom is -0.356 e. The monoisotopic (exact) mass is 265 g/mol. The Hall–Kier alpha value is -0.660. The molecule has 0 saturated carbocycles. The Morgan fingerprint density at radius 1 is 1.47 bits per heavy atom. The lowest BCUT2D eigenvalue weighted by molar-refractivity contribution is -0.121. The molecular weight excluding hydrogens is 242 g/mol.